The van der Waals surface area contributed by atoms with Crippen LogP contribution >= 0.6 is 0 Å². The minimum atomic E-state index is 0.337. The highest BCUT2D eigenvalue weighted by Gasteiger charge is 2.35. The van der Waals surface area contributed by atoms with Crippen LogP contribution in [0.5, 0.6) is 0 Å². The second-order valence-corrected chi connectivity index (χ2v) is 5.56. The Morgan fingerprint density at radius 1 is 1.45 bits per heavy atom. The van der Waals surface area contributed by atoms with Crippen LogP contribution in [-0.2, 0) is 11.3 Å². The third-order valence-electron chi connectivity index (χ3n) is 4.21. The van der Waals surface area contributed by atoms with E-state index in [-0.39, 0.29) is 0 Å². The van der Waals surface area contributed by atoms with Gasteiger partial charge in [0.1, 0.15) is 5.82 Å². The van der Waals surface area contributed by atoms with E-state index in [4.69, 9.17) is 0 Å². The molecule has 2 aliphatic rings. The molecule has 1 atom stereocenters. The van der Waals surface area contributed by atoms with Crippen LogP contribution in [0.3, 0.4) is 0 Å². The molecule has 1 amide bonds. The first-order chi connectivity index (χ1) is 9.78. The molecular formula is C15H22N4O. The molecule has 108 valence electrons. The van der Waals surface area contributed by atoms with Crippen molar-refractivity contribution in [3.63, 3.8) is 0 Å². The Bertz CT molecular complexity index is 491. The van der Waals surface area contributed by atoms with E-state index >= 15 is 0 Å². The van der Waals surface area contributed by atoms with Gasteiger partial charge in [0.05, 0.1) is 0 Å². The average Bonchev–Trinajstić information content (AvgIpc) is 2.82. The van der Waals surface area contributed by atoms with E-state index in [1.165, 1.54) is 5.56 Å². The lowest BCUT2D eigenvalue weighted by Gasteiger charge is -2.37. The molecule has 0 aliphatic carbocycles. The van der Waals surface area contributed by atoms with Crippen molar-refractivity contribution in [3.8, 4) is 0 Å². The number of fused-ring (bicyclic) bond motifs is 1. The summed E-state index contributed by atoms with van der Waals surface area (Å²) in [6, 6.07) is 4.55. The molecular weight excluding hydrogens is 252 g/mol. The van der Waals surface area contributed by atoms with Crippen molar-refractivity contribution in [2.45, 2.75) is 32.4 Å². The molecule has 1 aromatic rings. The fraction of sp³-hybridized carbons (Fsp3) is 0.600. The van der Waals surface area contributed by atoms with Gasteiger partial charge < -0.3 is 10.2 Å². The van der Waals surface area contributed by atoms with Crippen molar-refractivity contribution in [2.24, 2.45) is 0 Å². The smallest absolute Gasteiger partial charge is 0.222 e. The first kappa shape index (κ1) is 13.4. The lowest BCUT2D eigenvalue weighted by molar-refractivity contribution is -0.130. The largest absolute Gasteiger partial charge is 0.370 e. The highest BCUT2D eigenvalue weighted by atomic mass is 16.2. The molecule has 3 rings (SSSR count). The van der Waals surface area contributed by atoms with Crippen LogP contribution in [0.1, 0.15) is 25.3 Å². The summed E-state index contributed by atoms with van der Waals surface area (Å²) < 4.78 is 0. The number of carbonyl (C=O) groups is 1. The topological polar surface area (TPSA) is 48.5 Å². The van der Waals surface area contributed by atoms with Crippen molar-refractivity contribution in [1.82, 2.24) is 14.8 Å². The Hall–Kier alpha value is -1.62. The minimum absolute atomic E-state index is 0.337. The Morgan fingerprint density at radius 3 is 3.20 bits per heavy atom. The van der Waals surface area contributed by atoms with Crippen molar-refractivity contribution in [1.29, 1.82) is 0 Å². The summed E-state index contributed by atoms with van der Waals surface area (Å²) in [5.41, 5.74) is 1.24. The first-order valence-electron chi connectivity index (χ1n) is 7.47. The van der Waals surface area contributed by atoms with Crippen LogP contribution in [0, 0.1) is 0 Å². The Kier molecular flexibility index (Phi) is 3.87. The summed E-state index contributed by atoms with van der Waals surface area (Å²) in [6.07, 6.45) is 3.57. The number of nitrogens with zero attached hydrogens (tertiary/aromatic N) is 3. The zero-order valence-electron chi connectivity index (χ0n) is 12.0. The van der Waals surface area contributed by atoms with Crippen molar-refractivity contribution in [2.75, 3.05) is 31.5 Å². The molecule has 0 bridgehead atoms. The van der Waals surface area contributed by atoms with Gasteiger partial charge in [-0.05, 0) is 19.4 Å². The molecule has 0 radical (unpaired) electrons. The lowest BCUT2D eigenvalue weighted by atomic mass is 10.1. The van der Waals surface area contributed by atoms with Gasteiger partial charge in [-0.3, -0.25) is 9.69 Å². The molecule has 5 nitrogen and oxygen atoms in total. The molecule has 1 N–H and O–H groups in total. The maximum atomic E-state index is 11.7. The second kappa shape index (κ2) is 5.79. The monoisotopic (exact) mass is 274 g/mol. The van der Waals surface area contributed by atoms with Crippen molar-refractivity contribution < 1.29 is 4.79 Å². The van der Waals surface area contributed by atoms with Gasteiger partial charge in [0.25, 0.3) is 0 Å². The summed E-state index contributed by atoms with van der Waals surface area (Å²) in [7, 11) is 0. The molecule has 5 heteroatoms. The Morgan fingerprint density at radius 2 is 2.35 bits per heavy atom. The molecule has 2 fully saturated rings. The zero-order chi connectivity index (χ0) is 13.9. The van der Waals surface area contributed by atoms with Crippen LogP contribution in [0.2, 0.25) is 0 Å². The van der Waals surface area contributed by atoms with Gasteiger partial charge in [-0.25, -0.2) is 4.98 Å². The van der Waals surface area contributed by atoms with E-state index in [2.05, 4.69) is 33.1 Å². The molecule has 2 saturated heterocycles. The first-order valence-corrected chi connectivity index (χ1v) is 7.47. The minimum Gasteiger partial charge on any atom is -0.370 e. The van der Waals surface area contributed by atoms with Gasteiger partial charge in [0.15, 0.2) is 0 Å². The summed E-state index contributed by atoms with van der Waals surface area (Å²) in [5.74, 6) is 1.32. The van der Waals surface area contributed by atoms with Crippen LogP contribution in [-0.4, -0.2) is 52.9 Å². The molecule has 0 saturated carbocycles. The molecule has 3 heterocycles. The number of hydrogen-bond donors (Lipinski definition) is 1. The number of carbonyl (C=O) groups excluding carboxylic acids is 1. The van der Waals surface area contributed by atoms with Gasteiger partial charge in [-0.1, -0.05) is 6.07 Å². The number of aromatic nitrogens is 1. The molecule has 20 heavy (non-hydrogen) atoms. The van der Waals surface area contributed by atoms with E-state index in [0.29, 0.717) is 11.9 Å². The highest BCUT2D eigenvalue weighted by Crippen LogP contribution is 2.24. The van der Waals surface area contributed by atoms with Gasteiger partial charge in [0, 0.05) is 56.9 Å². The van der Waals surface area contributed by atoms with Crippen LogP contribution in [0.15, 0.2) is 18.3 Å². The van der Waals surface area contributed by atoms with Crippen molar-refractivity contribution in [3.05, 3.63) is 23.9 Å². The lowest BCUT2D eigenvalue weighted by Crippen LogP contribution is -2.51. The van der Waals surface area contributed by atoms with Crippen molar-refractivity contribution >= 4 is 11.7 Å². The van der Waals surface area contributed by atoms with Gasteiger partial charge in [-0.15, -0.1) is 0 Å². The molecule has 2 aliphatic heterocycles. The van der Waals surface area contributed by atoms with Gasteiger partial charge in [-0.2, -0.15) is 0 Å². The summed E-state index contributed by atoms with van der Waals surface area (Å²) in [6.45, 7) is 6.71. The normalized spacial score (nSPS) is 22.9. The number of pyridine rings is 1. The summed E-state index contributed by atoms with van der Waals surface area (Å²) >= 11 is 0. The number of anilines is 1. The second-order valence-electron chi connectivity index (χ2n) is 5.56. The maximum absolute atomic E-state index is 11.7. The predicted octanol–water partition coefficient (Wildman–Crippen LogP) is 1.32. The van der Waals surface area contributed by atoms with E-state index in [1.54, 1.807) is 0 Å². The number of amides is 1. The molecule has 1 unspecified atom stereocenters. The average molecular weight is 274 g/mol. The van der Waals surface area contributed by atoms with E-state index in [9.17, 15) is 4.79 Å². The molecule has 0 aromatic carbocycles. The molecule has 0 spiro atoms. The van der Waals surface area contributed by atoms with Crippen LogP contribution < -0.4 is 5.32 Å². The third kappa shape index (κ3) is 2.63. The summed E-state index contributed by atoms with van der Waals surface area (Å²) in [4.78, 5) is 20.6. The predicted molar refractivity (Wildman–Crippen MR) is 78.4 cm³/mol. The summed E-state index contributed by atoms with van der Waals surface area (Å²) in [5, 5.41) is 3.32. The van der Waals surface area contributed by atoms with Crippen LogP contribution in [0.25, 0.3) is 0 Å². The number of nitrogens with one attached hydrogen (secondary N) is 1. The highest BCUT2D eigenvalue weighted by molar-refractivity contribution is 5.78. The van der Waals surface area contributed by atoms with E-state index in [1.807, 2.05) is 12.3 Å². The fourth-order valence-corrected chi connectivity index (χ4v) is 3.21. The fourth-order valence-electron chi connectivity index (χ4n) is 3.21. The standard InChI is InChI=1S/C15H22N4O/c1-2-16-15-12(4-3-7-17-15)10-18-8-9-19-13(11-18)5-6-14(19)20/h3-4,7,13H,2,5-6,8-11H2,1H3,(H,16,17). The van der Waals surface area contributed by atoms with E-state index < -0.39 is 0 Å². The number of hydrogen-bond acceptors (Lipinski definition) is 4. The Labute approximate surface area is 120 Å². The van der Waals surface area contributed by atoms with Crippen LogP contribution in [0.4, 0.5) is 5.82 Å². The maximum Gasteiger partial charge on any atom is 0.222 e. The van der Waals surface area contributed by atoms with E-state index in [0.717, 1.165) is 51.4 Å². The number of piperazine rings is 1. The Balaban J connectivity index is 1.66. The molecule has 1 aromatic heterocycles. The quantitative estimate of drug-likeness (QED) is 0.899. The van der Waals surface area contributed by atoms with Gasteiger partial charge >= 0.3 is 0 Å². The SMILES string of the molecule is CCNc1ncccc1CN1CCN2C(=O)CCC2C1. The third-order valence-corrected chi connectivity index (χ3v) is 4.21. The number of rotatable bonds is 4. The van der Waals surface area contributed by atoms with Gasteiger partial charge in [0.2, 0.25) is 5.91 Å². The zero-order valence-corrected chi connectivity index (χ0v) is 12.0.